The van der Waals surface area contributed by atoms with Crippen LogP contribution in [0.2, 0.25) is 0 Å². The molecular weight excluding hydrogens is 1190 g/mol. The number of rotatable bonds is 10. The second-order valence-electron chi connectivity index (χ2n) is 25.7. The molecule has 20 aromatic rings. The maximum Gasteiger partial charge on any atom is 0.160 e. The van der Waals surface area contributed by atoms with Crippen molar-refractivity contribution in [2.75, 3.05) is 0 Å². The van der Waals surface area contributed by atoms with Crippen molar-refractivity contribution in [2.45, 2.75) is 0 Å². The van der Waals surface area contributed by atoms with Crippen LogP contribution in [0, 0.1) is 0 Å². The molecule has 20 rings (SSSR count). The van der Waals surface area contributed by atoms with Gasteiger partial charge in [-0.15, -0.1) is 0 Å². The molecule has 6 heteroatoms. The van der Waals surface area contributed by atoms with Gasteiger partial charge >= 0.3 is 0 Å². The number of hydrogen-bond acceptors (Lipinski definition) is 2. The van der Waals surface area contributed by atoms with E-state index in [2.05, 4.69) is 370 Å². The van der Waals surface area contributed by atoms with Crippen LogP contribution in [-0.4, -0.2) is 28.2 Å². The SMILES string of the molecule is c1ccc(-c2ccccc2-c2cccc(-c3nc(-c4cc(-n5c6ccccc6c6cc(-c7ccc8c(c7)c7ccccc7n8-c7ccccc7)ccc65)cc(-n5c6ccccc6c6cc(-c7ccc8c(c7)c7ccccc7n8-c7ccccc7)ccc65)c4)nc4ccccc34)c2)cc1. The van der Waals surface area contributed by atoms with E-state index in [-0.39, 0.29) is 0 Å². The second-order valence-corrected chi connectivity index (χ2v) is 25.7. The van der Waals surface area contributed by atoms with Gasteiger partial charge in [0.05, 0.1) is 55.3 Å². The van der Waals surface area contributed by atoms with Gasteiger partial charge in [0.1, 0.15) is 0 Å². The number of fused-ring (bicyclic) bond motifs is 13. The molecule has 98 heavy (non-hydrogen) atoms. The zero-order valence-corrected chi connectivity index (χ0v) is 53.2. The van der Waals surface area contributed by atoms with E-state index in [0.29, 0.717) is 5.82 Å². The number of hydrogen-bond donors (Lipinski definition) is 0. The minimum absolute atomic E-state index is 0.635. The number of nitrogens with zero attached hydrogens (tertiary/aromatic N) is 6. The standard InChI is InChI=1S/C92H58N6/c1-4-23-59(24-5-1)71-31-10-11-32-72(71)64-25-22-26-65(51-64)91-77-37-12-17-38-82(77)93-92(94-91)66-52-69(97-85-41-20-15-35-75(85)80-56-62(45-49-89(80)97)60-43-47-87-78(54-60)73-33-13-18-39-83(73)95(87)67-27-6-2-7-28-67)58-70(53-66)98-86-42-21-16-36-76(86)81-57-63(46-50-90(81)98)61-44-48-88-79(55-61)74-34-14-19-40-84(74)96(88)68-29-8-3-9-30-68/h1-58H. The first-order chi connectivity index (χ1) is 48.6. The topological polar surface area (TPSA) is 45.5 Å². The molecule has 0 aliphatic rings. The molecule has 0 bridgehead atoms. The Balaban J connectivity index is 0.787. The lowest BCUT2D eigenvalue weighted by atomic mass is 9.93. The maximum absolute atomic E-state index is 5.73. The van der Waals surface area contributed by atoms with Crippen molar-refractivity contribution < 1.29 is 0 Å². The predicted octanol–water partition coefficient (Wildman–Crippen LogP) is 24.0. The van der Waals surface area contributed by atoms with Crippen LogP contribution in [0.5, 0.6) is 0 Å². The molecular formula is C92H58N6. The van der Waals surface area contributed by atoms with Crippen LogP contribution >= 0.6 is 0 Å². The zero-order chi connectivity index (χ0) is 64.4. The van der Waals surface area contributed by atoms with Gasteiger partial charge in [0.25, 0.3) is 0 Å². The van der Waals surface area contributed by atoms with E-state index in [4.69, 9.17) is 9.97 Å². The van der Waals surface area contributed by atoms with E-state index in [9.17, 15) is 0 Å². The van der Waals surface area contributed by atoms with Crippen molar-refractivity contribution in [3.05, 3.63) is 352 Å². The predicted molar refractivity (Wildman–Crippen MR) is 410 cm³/mol. The Hall–Kier alpha value is -13.2. The Labute approximate surface area is 564 Å². The lowest BCUT2D eigenvalue weighted by Crippen LogP contribution is -2.02. The maximum atomic E-state index is 5.73. The van der Waals surface area contributed by atoms with Gasteiger partial charge < -0.3 is 18.3 Å². The summed E-state index contributed by atoms with van der Waals surface area (Å²) in [7, 11) is 0. The average Bonchev–Trinajstić information content (AvgIpc) is 1.56. The summed E-state index contributed by atoms with van der Waals surface area (Å²) in [6, 6.07) is 128. The molecule has 0 aliphatic carbocycles. The van der Waals surface area contributed by atoms with Crippen LogP contribution in [0.3, 0.4) is 0 Å². The first-order valence-corrected chi connectivity index (χ1v) is 33.5. The van der Waals surface area contributed by atoms with E-state index in [0.717, 1.165) is 106 Å². The fourth-order valence-electron chi connectivity index (χ4n) is 15.7. The summed E-state index contributed by atoms with van der Waals surface area (Å²) >= 11 is 0. The highest BCUT2D eigenvalue weighted by Gasteiger charge is 2.23. The van der Waals surface area contributed by atoms with Crippen LogP contribution in [0.1, 0.15) is 0 Å². The fraction of sp³-hybridized carbons (Fsp3) is 0. The quantitative estimate of drug-likeness (QED) is 0.137. The van der Waals surface area contributed by atoms with E-state index >= 15 is 0 Å². The summed E-state index contributed by atoms with van der Waals surface area (Å²) in [5.41, 5.74) is 26.4. The van der Waals surface area contributed by atoms with Crippen molar-refractivity contribution in [1.29, 1.82) is 0 Å². The van der Waals surface area contributed by atoms with E-state index < -0.39 is 0 Å². The van der Waals surface area contributed by atoms with Crippen LogP contribution in [0.15, 0.2) is 352 Å². The van der Waals surface area contributed by atoms with Crippen molar-refractivity contribution in [1.82, 2.24) is 28.2 Å². The third kappa shape index (κ3) is 8.82. The van der Waals surface area contributed by atoms with Gasteiger partial charge in [-0.2, -0.15) is 0 Å². The monoisotopic (exact) mass is 1250 g/mol. The minimum atomic E-state index is 0.635. The van der Waals surface area contributed by atoms with Crippen LogP contribution in [0.4, 0.5) is 0 Å². The molecule has 6 nitrogen and oxygen atoms in total. The second kappa shape index (κ2) is 22.2. The molecule has 0 amide bonds. The minimum Gasteiger partial charge on any atom is -0.309 e. The molecule has 0 N–H and O–H groups in total. The highest BCUT2D eigenvalue weighted by Crippen LogP contribution is 2.44. The molecule has 0 fully saturated rings. The first-order valence-electron chi connectivity index (χ1n) is 33.5. The van der Waals surface area contributed by atoms with Crippen molar-refractivity contribution in [2.24, 2.45) is 0 Å². The summed E-state index contributed by atoms with van der Waals surface area (Å²) < 4.78 is 9.66. The fourth-order valence-corrected chi connectivity index (χ4v) is 15.7. The normalized spacial score (nSPS) is 11.9. The summed E-state index contributed by atoms with van der Waals surface area (Å²) in [5, 5.41) is 10.6. The molecule has 15 aromatic carbocycles. The van der Waals surface area contributed by atoms with Gasteiger partial charge in [-0.05, 0) is 172 Å². The Kier molecular flexibility index (Phi) is 12.6. The summed E-state index contributed by atoms with van der Waals surface area (Å²) in [6.07, 6.45) is 0. The molecule has 0 atom stereocenters. The lowest BCUT2D eigenvalue weighted by Gasteiger charge is -2.17. The molecule has 0 spiro atoms. The third-order valence-corrected chi connectivity index (χ3v) is 20.1. The van der Waals surface area contributed by atoms with Crippen molar-refractivity contribution >= 4 is 98.1 Å². The molecule has 456 valence electrons. The van der Waals surface area contributed by atoms with Gasteiger partial charge in [0, 0.05) is 82.4 Å². The highest BCUT2D eigenvalue weighted by molar-refractivity contribution is 6.15. The Morgan fingerprint density at radius 1 is 0.173 bits per heavy atom. The summed E-state index contributed by atoms with van der Waals surface area (Å²) in [5.74, 6) is 0.635. The third-order valence-electron chi connectivity index (χ3n) is 20.1. The molecule has 0 saturated heterocycles. The molecule has 5 aromatic heterocycles. The number of aromatic nitrogens is 6. The first kappa shape index (κ1) is 55.3. The van der Waals surface area contributed by atoms with E-state index in [1.54, 1.807) is 0 Å². The smallest absolute Gasteiger partial charge is 0.160 e. The van der Waals surface area contributed by atoms with Crippen LogP contribution in [0.25, 0.3) is 188 Å². The van der Waals surface area contributed by atoms with E-state index in [1.165, 1.54) is 76.3 Å². The Morgan fingerprint density at radius 2 is 0.510 bits per heavy atom. The Bertz CT molecular complexity index is 6310. The summed E-state index contributed by atoms with van der Waals surface area (Å²) in [6.45, 7) is 0. The van der Waals surface area contributed by atoms with Gasteiger partial charge in [-0.1, -0.05) is 224 Å². The van der Waals surface area contributed by atoms with Gasteiger partial charge in [0.2, 0.25) is 0 Å². The number of benzene rings is 15. The summed E-state index contributed by atoms with van der Waals surface area (Å²) in [4.78, 5) is 11.3. The average molecular weight is 1250 g/mol. The molecule has 0 radical (unpaired) electrons. The highest BCUT2D eigenvalue weighted by atomic mass is 15.0. The Morgan fingerprint density at radius 3 is 0.959 bits per heavy atom. The van der Waals surface area contributed by atoms with Crippen LogP contribution < -0.4 is 0 Å². The largest absolute Gasteiger partial charge is 0.309 e. The van der Waals surface area contributed by atoms with Crippen molar-refractivity contribution in [3.63, 3.8) is 0 Å². The molecule has 0 aliphatic heterocycles. The van der Waals surface area contributed by atoms with Gasteiger partial charge in [-0.3, -0.25) is 0 Å². The zero-order valence-electron chi connectivity index (χ0n) is 53.2. The number of para-hydroxylation sites is 7. The van der Waals surface area contributed by atoms with E-state index in [1.807, 2.05) is 0 Å². The molecule has 0 unspecified atom stereocenters. The van der Waals surface area contributed by atoms with Crippen molar-refractivity contribution in [3.8, 4) is 89.9 Å². The van der Waals surface area contributed by atoms with Gasteiger partial charge in [0.15, 0.2) is 5.82 Å². The van der Waals surface area contributed by atoms with Gasteiger partial charge in [-0.25, -0.2) is 9.97 Å². The molecule has 5 heterocycles. The van der Waals surface area contributed by atoms with Crippen LogP contribution in [-0.2, 0) is 0 Å². The lowest BCUT2D eigenvalue weighted by molar-refractivity contribution is 1.13. The molecule has 0 saturated carbocycles.